The molecule has 0 radical (unpaired) electrons. The molecule has 2 rings (SSSR count). The molecule has 3 heteroatoms. The van der Waals surface area contributed by atoms with Gasteiger partial charge >= 0.3 is 5.97 Å². The van der Waals surface area contributed by atoms with Crippen LogP contribution in [0, 0.1) is 0 Å². The summed E-state index contributed by atoms with van der Waals surface area (Å²) in [5, 5.41) is 0. The number of nitrogens with one attached hydrogen (secondary N) is 1. The molecule has 3 nitrogen and oxygen atoms in total. The highest BCUT2D eigenvalue weighted by atomic mass is 16.7. The Morgan fingerprint density at radius 2 is 1.89 bits per heavy atom. The summed E-state index contributed by atoms with van der Waals surface area (Å²) in [6.45, 7) is 0. The standard InChI is InChI=1S/C15H19NO2/c17-15(12-11-13-7-3-1-4-8-13)18-16-14-9-5-2-6-10-14/h1,3-4,7-8,11-12,14,16H,2,5-6,9-10H2/b12-11+. The van der Waals surface area contributed by atoms with Crippen molar-refractivity contribution in [2.75, 3.05) is 0 Å². The minimum atomic E-state index is -0.343. The fourth-order valence-electron chi connectivity index (χ4n) is 2.12. The summed E-state index contributed by atoms with van der Waals surface area (Å²) < 4.78 is 0. The van der Waals surface area contributed by atoms with Crippen molar-refractivity contribution in [2.45, 2.75) is 38.1 Å². The van der Waals surface area contributed by atoms with E-state index in [1.54, 1.807) is 6.08 Å². The van der Waals surface area contributed by atoms with Crippen molar-refractivity contribution in [1.82, 2.24) is 5.48 Å². The molecule has 0 aromatic heterocycles. The van der Waals surface area contributed by atoms with Gasteiger partial charge < -0.3 is 4.84 Å². The summed E-state index contributed by atoms with van der Waals surface area (Å²) in [5.74, 6) is -0.343. The first-order valence-corrected chi connectivity index (χ1v) is 6.54. The Bertz CT molecular complexity index is 394. The number of carbonyl (C=O) groups excluding carboxylic acids is 1. The van der Waals surface area contributed by atoms with Gasteiger partial charge in [0.15, 0.2) is 0 Å². The summed E-state index contributed by atoms with van der Waals surface area (Å²) in [5.41, 5.74) is 3.85. The third-order valence-corrected chi connectivity index (χ3v) is 3.14. The molecule has 96 valence electrons. The molecule has 0 amide bonds. The number of hydroxylamine groups is 1. The van der Waals surface area contributed by atoms with Crippen molar-refractivity contribution in [3.05, 3.63) is 42.0 Å². The monoisotopic (exact) mass is 245 g/mol. The largest absolute Gasteiger partial charge is 0.367 e. The van der Waals surface area contributed by atoms with Gasteiger partial charge in [0.05, 0.1) is 0 Å². The first kappa shape index (κ1) is 12.8. The Morgan fingerprint density at radius 3 is 2.61 bits per heavy atom. The maximum absolute atomic E-state index is 11.5. The van der Waals surface area contributed by atoms with E-state index in [9.17, 15) is 4.79 Å². The second-order valence-electron chi connectivity index (χ2n) is 4.62. The topological polar surface area (TPSA) is 38.3 Å². The van der Waals surface area contributed by atoms with E-state index in [2.05, 4.69) is 5.48 Å². The van der Waals surface area contributed by atoms with Gasteiger partial charge in [-0.05, 0) is 24.5 Å². The fraction of sp³-hybridized carbons (Fsp3) is 0.400. The molecule has 0 atom stereocenters. The molecule has 1 aliphatic rings. The van der Waals surface area contributed by atoms with Gasteiger partial charge in [-0.3, -0.25) is 0 Å². The fourth-order valence-corrected chi connectivity index (χ4v) is 2.12. The summed E-state index contributed by atoms with van der Waals surface area (Å²) in [6, 6.07) is 10.0. The van der Waals surface area contributed by atoms with Crippen molar-refractivity contribution >= 4 is 12.0 Å². The lowest BCUT2D eigenvalue weighted by Gasteiger charge is -2.21. The Hall–Kier alpha value is -1.61. The quantitative estimate of drug-likeness (QED) is 0.654. The minimum absolute atomic E-state index is 0.327. The van der Waals surface area contributed by atoms with E-state index >= 15 is 0 Å². The molecule has 1 N–H and O–H groups in total. The third kappa shape index (κ3) is 4.34. The Kier molecular flexibility index (Phi) is 4.97. The van der Waals surface area contributed by atoms with Gasteiger partial charge in [-0.15, -0.1) is 5.48 Å². The zero-order valence-electron chi connectivity index (χ0n) is 10.5. The van der Waals surface area contributed by atoms with Crippen LogP contribution in [0.5, 0.6) is 0 Å². The van der Waals surface area contributed by atoms with E-state index in [4.69, 9.17) is 4.84 Å². The number of rotatable bonds is 4. The van der Waals surface area contributed by atoms with Crippen LogP contribution in [-0.2, 0) is 9.63 Å². The number of carbonyl (C=O) groups is 1. The molecule has 0 saturated heterocycles. The van der Waals surface area contributed by atoms with Gasteiger partial charge in [0.2, 0.25) is 0 Å². The van der Waals surface area contributed by atoms with Crippen LogP contribution in [0.2, 0.25) is 0 Å². The predicted molar refractivity (Wildman–Crippen MR) is 71.6 cm³/mol. The average Bonchev–Trinajstić information content (AvgIpc) is 2.45. The van der Waals surface area contributed by atoms with Crippen LogP contribution in [0.25, 0.3) is 6.08 Å². The SMILES string of the molecule is O=C(/C=C/c1ccccc1)ONC1CCCCC1. The van der Waals surface area contributed by atoms with Crippen molar-refractivity contribution in [2.24, 2.45) is 0 Å². The average molecular weight is 245 g/mol. The third-order valence-electron chi connectivity index (χ3n) is 3.14. The zero-order chi connectivity index (χ0) is 12.6. The molecule has 1 aliphatic carbocycles. The highest BCUT2D eigenvalue weighted by molar-refractivity contribution is 5.86. The van der Waals surface area contributed by atoms with Crippen LogP contribution >= 0.6 is 0 Å². The van der Waals surface area contributed by atoms with E-state index in [-0.39, 0.29) is 5.97 Å². The lowest BCUT2D eigenvalue weighted by molar-refractivity contribution is -0.147. The lowest BCUT2D eigenvalue weighted by atomic mass is 9.96. The predicted octanol–water partition coefficient (Wildman–Crippen LogP) is 3.08. The molecule has 0 bridgehead atoms. The van der Waals surface area contributed by atoms with Gasteiger partial charge in [0.1, 0.15) is 0 Å². The van der Waals surface area contributed by atoms with Crippen molar-refractivity contribution in [3.8, 4) is 0 Å². The summed E-state index contributed by atoms with van der Waals surface area (Å²) in [6.07, 6.45) is 9.12. The smallest absolute Gasteiger partial charge is 0.349 e. The van der Waals surface area contributed by atoms with Crippen LogP contribution in [0.15, 0.2) is 36.4 Å². The molecular formula is C15H19NO2. The highest BCUT2D eigenvalue weighted by Gasteiger charge is 2.13. The van der Waals surface area contributed by atoms with Crippen molar-refractivity contribution < 1.29 is 9.63 Å². The van der Waals surface area contributed by atoms with Crippen LogP contribution in [-0.4, -0.2) is 12.0 Å². The second kappa shape index (κ2) is 6.97. The van der Waals surface area contributed by atoms with Crippen LogP contribution in [0.4, 0.5) is 0 Å². The molecule has 0 aliphatic heterocycles. The molecule has 0 spiro atoms. The minimum Gasteiger partial charge on any atom is -0.367 e. The van der Waals surface area contributed by atoms with E-state index < -0.39 is 0 Å². The molecule has 1 fully saturated rings. The first-order chi connectivity index (χ1) is 8.84. The Balaban J connectivity index is 1.73. The Morgan fingerprint density at radius 1 is 1.17 bits per heavy atom. The molecule has 18 heavy (non-hydrogen) atoms. The van der Waals surface area contributed by atoms with E-state index in [0.717, 1.165) is 18.4 Å². The number of benzene rings is 1. The van der Waals surface area contributed by atoms with Crippen LogP contribution in [0.1, 0.15) is 37.7 Å². The molecule has 1 aromatic rings. The number of hydrogen-bond acceptors (Lipinski definition) is 3. The van der Waals surface area contributed by atoms with Crippen molar-refractivity contribution in [3.63, 3.8) is 0 Å². The Labute approximate surface area is 108 Å². The van der Waals surface area contributed by atoms with Gasteiger partial charge in [-0.2, -0.15) is 0 Å². The van der Waals surface area contributed by atoms with Gasteiger partial charge in [0, 0.05) is 12.1 Å². The number of hydrogen-bond donors (Lipinski definition) is 1. The molecular weight excluding hydrogens is 226 g/mol. The van der Waals surface area contributed by atoms with E-state index in [1.807, 2.05) is 30.3 Å². The first-order valence-electron chi connectivity index (χ1n) is 6.54. The zero-order valence-corrected chi connectivity index (χ0v) is 10.5. The van der Waals surface area contributed by atoms with Crippen LogP contribution in [0.3, 0.4) is 0 Å². The summed E-state index contributed by atoms with van der Waals surface area (Å²) in [7, 11) is 0. The maximum atomic E-state index is 11.5. The molecule has 0 unspecified atom stereocenters. The normalized spacial score (nSPS) is 16.9. The van der Waals surface area contributed by atoms with E-state index in [0.29, 0.717) is 6.04 Å². The van der Waals surface area contributed by atoms with Crippen molar-refractivity contribution in [1.29, 1.82) is 0 Å². The maximum Gasteiger partial charge on any atom is 0.349 e. The van der Waals surface area contributed by atoms with Crippen LogP contribution < -0.4 is 5.48 Å². The van der Waals surface area contributed by atoms with Gasteiger partial charge in [-0.1, -0.05) is 49.6 Å². The summed E-state index contributed by atoms with van der Waals surface area (Å²) in [4.78, 5) is 16.5. The molecule has 1 saturated carbocycles. The van der Waals surface area contributed by atoms with Gasteiger partial charge in [-0.25, -0.2) is 4.79 Å². The highest BCUT2D eigenvalue weighted by Crippen LogP contribution is 2.17. The second-order valence-corrected chi connectivity index (χ2v) is 4.62. The molecule has 0 heterocycles. The van der Waals surface area contributed by atoms with E-state index in [1.165, 1.54) is 25.3 Å². The lowest BCUT2D eigenvalue weighted by Crippen LogP contribution is -2.32. The summed E-state index contributed by atoms with van der Waals surface area (Å²) >= 11 is 0. The van der Waals surface area contributed by atoms with Gasteiger partial charge in [0.25, 0.3) is 0 Å². The molecule has 1 aromatic carbocycles.